The van der Waals surface area contributed by atoms with Gasteiger partial charge in [0.25, 0.3) is 11.5 Å². The number of ether oxygens (including phenoxy) is 1. The molecule has 3 aromatic rings. The van der Waals surface area contributed by atoms with E-state index in [0.29, 0.717) is 25.1 Å². The number of benzene rings is 2. The maximum atomic E-state index is 15.9. The van der Waals surface area contributed by atoms with Crippen LogP contribution in [0.25, 0.3) is 0 Å². The monoisotopic (exact) mass is 686 g/mol. The summed E-state index contributed by atoms with van der Waals surface area (Å²) in [6, 6.07) is 7.08. The molecule has 3 amide bonds. The molecule has 8 nitrogen and oxygen atoms in total. The fourth-order valence-corrected chi connectivity index (χ4v) is 7.27. The first-order valence-electron chi connectivity index (χ1n) is 13.6. The van der Waals surface area contributed by atoms with Crippen molar-refractivity contribution < 1.29 is 27.5 Å². The van der Waals surface area contributed by atoms with E-state index in [0.717, 1.165) is 30.7 Å². The Morgan fingerprint density at radius 3 is 2.45 bits per heavy atom. The van der Waals surface area contributed by atoms with Crippen molar-refractivity contribution in [3.05, 3.63) is 78.9 Å². The van der Waals surface area contributed by atoms with Crippen LogP contribution in [0.1, 0.15) is 46.4 Å². The number of aromatic nitrogens is 1. The van der Waals surface area contributed by atoms with Crippen molar-refractivity contribution in [3.63, 3.8) is 0 Å². The lowest BCUT2D eigenvalue weighted by Crippen LogP contribution is -2.50. The zero-order chi connectivity index (χ0) is 31.5. The standard InChI is InChI=1S/C29H24Cl3F3N4O4S/c1-43-24-19(39-9-3-8-38(28(39)42)15-6-7-15)10-14-12-37(13-16(14)23(24)33)27(41)22-20(11-21(29(32,34)35)36-26(22)40)44-25-17(30)4-2-5-18(25)31/h2,4-5,10-11,15H,3,6-9,12-13H2,1H3,(H,36,40). The third-order valence-electron chi connectivity index (χ3n) is 7.78. The molecule has 1 saturated carbocycles. The van der Waals surface area contributed by atoms with Gasteiger partial charge in [-0.2, -0.15) is 8.78 Å². The lowest BCUT2D eigenvalue weighted by atomic mass is 10.1. The van der Waals surface area contributed by atoms with Crippen LogP contribution in [-0.4, -0.2) is 53.0 Å². The van der Waals surface area contributed by atoms with Gasteiger partial charge in [-0.1, -0.05) is 41.0 Å². The topological polar surface area (TPSA) is 85.9 Å². The molecule has 1 aromatic heterocycles. The van der Waals surface area contributed by atoms with Gasteiger partial charge in [-0.3, -0.25) is 14.5 Å². The molecule has 1 N–H and O–H groups in total. The van der Waals surface area contributed by atoms with E-state index in [2.05, 4.69) is 0 Å². The Hall–Kier alpha value is -3.06. The molecule has 0 spiro atoms. The Morgan fingerprint density at radius 1 is 1.11 bits per heavy atom. The molecule has 0 radical (unpaired) electrons. The first kappa shape index (κ1) is 30.9. The van der Waals surface area contributed by atoms with Gasteiger partial charge in [0, 0.05) is 47.6 Å². The fourth-order valence-electron chi connectivity index (χ4n) is 5.52. The molecular weight excluding hydrogens is 664 g/mol. The van der Waals surface area contributed by atoms with Crippen molar-refractivity contribution in [1.82, 2.24) is 14.8 Å². The fraction of sp³-hybridized carbons (Fsp3) is 0.345. The highest BCUT2D eigenvalue weighted by atomic mass is 35.5. The summed E-state index contributed by atoms with van der Waals surface area (Å²) < 4.78 is 49.5. The van der Waals surface area contributed by atoms with Gasteiger partial charge >= 0.3 is 11.4 Å². The van der Waals surface area contributed by atoms with Gasteiger partial charge in [0.15, 0.2) is 11.6 Å². The second-order valence-electron chi connectivity index (χ2n) is 10.7. The average molecular weight is 688 g/mol. The molecule has 232 valence electrons. The molecule has 3 aliphatic rings. The van der Waals surface area contributed by atoms with Crippen LogP contribution >= 0.6 is 46.6 Å². The third kappa shape index (κ3) is 5.61. The number of methoxy groups -OCH3 is 1. The van der Waals surface area contributed by atoms with Crippen LogP contribution in [0.4, 0.5) is 23.7 Å². The molecule has 2 aromatic carbocycles. The molecule has 0 unspecified atom stereocenters. The summed E-state index contributed by atoms with van der Waals surface area (Å²) in [7, 11) is 1.30. The number of amides is 3. The van der Waals surface area contributed by atoms with Crippen LogP contribution in [0.2, 0.25) is 10.0 Å². The van der Waals surface area contributed by atoms with Gasteiger partial charge in [0.1, 0.15) is 11.3 Å². The molecule has 6 rings (SSSR count). The first-order chi connectivity index (χ1) is 20.9. The van der Waals surface area contributed by atoms with Gasteiger partial charge < -0.3 is 19.5 Å². The van der Waals surface area contributed by atoms with Gasteiger partial charge in [0.05, 0.1) is 22.8 Å². The number of rotatable bonds is 7. The number of hydrogen-bond acceptors (Lipinski definition) is 5. The largest absolute Gasteiger partial charge is 0.492 e. The van der Waals surface area contributed by atoms with Gasteiger partial charge in [-0.15, -0.1) is 0 Å². The summed E-state index contributed by atoms with van der Waals surface area (Å²) >= 11 is 18.5. The van der Waals surface area contributed by atoms with Crippen LogP contribution in [0.5, 0.6) is 5.75 Å². The molecule has 2 aliphatic heterocycles. The maximum Gasteiger partial charge on any atom is 0.362 e. The molecule has 0 atom stereocenters. The zero-order valence-electron chi connectivity index (χ0n) is 23.1. The van der Waals surface area contributed by atoms with Crippen molar-refractivity contribution in [2.75, 3.05) is 25.1 Å². The Morgan fingerprint density at radius 2 is 1.82 bits per heavy atom. The Kier molecular flexibility index (Phi) is 8.23. The minimum absolute atomic E-state index is 0.111. The summed E-state index contributed by atoms with van der Waals surface area (Å²) in [5, 5.41) is -3.60. The smallest absolute Gasteiger partial charge is 0.362 e. The second-order valence-corrected chi connectivity index (χ2v) is 13.0. The number of carbonyl (C=O) groups is 2. The number of aromatic amines is 1. The Balaban J connectivity index is 1.36. The van der Waals surface area contributed by atoms with Crippen LogP contribution in [-0.2, 0) is 18.5 Å². The van der Waals surface area contributed by atoms with Gasteiger partial charge in [-0.05, 0) is 60.7 Å². The number of urea groups is 1. The Labute approximate surface area is 269 Å². The van der Waals surface area contributed by atoms with E-state index in [4.69, 9.17) is 39.5 Å². The van der Waals surface area contributed by atoms with Crippen molar-refractivity contribution in [1.29, 1.82) is 0 Å². The summed E-state index contributed by atoms with van der Waals surface area (Å²) in [5.41, 5.74) is -1.68. The molecule has 44 heavy (non-hydrogen) atoms. The molecule has 2 fully saturated rings. The van der Waals surface area contributed by atoms with E-state index in [1.54, 1.807) is 17.0 Å². The summed E-state index contributed by atoms with van der Waals surface area (Å²) in [4.78, 5) is 46.9. The number of fused-ring (bicyclic) bond motifs is 1. The second kappa shape index (κ2) is 11.7. The lowest BCUT2D eigenvalue weighted by Gasteiger charge is -2.36. The first-order valence-corrected chi connectivity index (χ1v) is 15.6. The lowest BCUT2D eigenvalue weighted by molar-refractivity contribution is 0.0739. The molecular formula is C29H24Cl3F3N4O4S. The number of pyridine rings is 1. The minimum atomic E-state index is -3.94. The van der Waals surface area contributed by atoms with Crippen molar-refractivity contribution in [2.45, 2.75) is 53.6 Å². The van der Waals surface area contributed by atoms with Crippen molar-refractivity contribution in [3.8, 4) is 5.75 Å². The zero-order valence-corrected chi connectivity index (χ0v) is 26.1. The quantitative estimate of drug-likeness (QED) is 0.265. The SMILES string of the molecule is COc1c(N2CCCN(C3CC3)C2=O)cc2c(c1F)CN(C(=O)c1c(Sc3c(Cl)cccc3Cl)cc(C(F)(F)Cl)[nH]c1=O)C2. The predicted molar refractivity (Wildman–Crippen MR) is 161 cm³/mol. The van der Waals surface area contributed by atoms with E-state index in [-0.39, 0.29) is 62.0 Å². The predicted octanol–water partition coefficient (Wildman–Crippen LogP) is 7.22. The van der Waals surface area contributed by atoms with E-state index >= 15 is 4.39 Å². The van der Waals surface area contributed by atoms with Crippen LogP contribution < -0.4 is 15.2 Å². The Bertz CT molecular complexity index is 1730. The number of nitrogens with zero attached hydrogens (tertiary/aromatic N) is 3. The van der Waals surface area contributed by atoms with E-state index < -0.39 is 33.9 Å². The normalized spacial score (nSPS) is 16.9. The number of anilines is 1. The van der Waals surface area contributed by atoms with Crippen LogP contribution in [0, 0.1) is 5.82 Å². The highest BCUT2D eigenvalue weighted by molar-refractivity contribution is 7.99. The average Bonchev–Trinajstić information content (AvgIpc) is 3.72. The molecule has 0 bridgehead atoms. The number of hydrogen-bond donors (Lipinski definition) is 1. The summed E-state index contributed by atoms with van der Waals surface area (Å²) in [6.45, 7) is 0.654. The van der Waals surface area contributed by atoms with Crippen molar-refractivity contribution in [2.24, 2.45) is 0 Å². The minimum Gasteiger partial charge on any atom is -0.492 e. The van der Waals surface area contributed by atoms with E-state index in [9.17, 15) is 23.2 Å². The molecule has 1 saturated heterocycles. The van der Waals surface area contributed by atoms with Crippen LogP contribution in [0.15, 0.2) is 44.9 Å². The van der Waals surface area contributed by atoms with Gasteiger partial charge in [-0.25, -0.2) is 9.18 Å². The van der Waals surface area contributed by atoms with E-state index in [1.807, 2.05) is 4.98 Å². The maximum absolute atomic E-state index is 15.9. The summed E-state index contributed by atoms with van der Waals surface area (Å²) in [6.07, 6.45) is 2.56. The number of nitrogens with one attached hydrogen (secondary N) is 1. The molecule has 15 heteroatoms. The number of carbonyl (C=O) groups excluding carboxylic acids is 2. The number of alkyl halides is 3. The highest BCUT2D eigenvalue weighted by Gasteiger charge is 2.40. The third-order valence-corrected chi connectivity index (χ3v) is 10.0. The molecule has 1 aliphatic carbocycles. The van der Waals surface area contributed by atoms with Gasteiger partial charge in [0.2, 0.25) is 0 Å². The number of H-pyrrole nitrogens is 1. The summed E-state index contributed by atoms with van der Waals surface area (Å²) in [5.74, 6) is -1.69. The highest BCUT2D eigenvalue weighted by Crippen LogP contribution is 2.44. The van der Waals surface area contributed by atoms with E-state index in [1.165, 1.54) is 29.0 Å². The molecule has 3 heterocycles. The van der Waals surface area contributed by atoms with Crippen LogP contribution in [0.3, 0.4) is 0 Å². The number of halogens is 6. The van der Waals surface area contributed by atoms with Crippen molar-refractivity contribution >= 4 is 64.2 Å².